The van der Waals surface area contributed by atoms with E-state index in [0.717, 1.165) is 49.5 Å². The maximum absolute atomic E-state index is 12.8. The second kappa shape index (κ2) is 10.8. The molecule has 0 saturated carbocycles. The number of carbonyl (C=O) groups excluding carboxylic acids is 1. The Hall–Kier alpha value is -3.15. The average Bonchev–Trinajstić information content (AvgIpc) is 2.84. The molecule has 31 heavy (non-hydrogen) atoms. The van der Waals surface area contributed by atoms with Crippen LogP contribution in [0.25, 0.3) is 11.1 Å². The molecule has 0 aromatic heterocycles. The van der Waals surface area contributed by atoms with Crippen LogP contribution < -0.4 is 10.1 Å². The zero-order chi connectivity index (χ0) is 21.3. The van der Waals surface area contributed by atoms with E-state index in [1.807, 2.05) is 72.8 Å². The molecule has 1 saturated heterocycles. The van der Waals surface area contributed by atoms with Crippen molar-refractivity contribution in [2.75, 3.05) is 39.5 Å². The fourth-order valence-corrected chi connectivity index (χ4v) is 3.79. The lowest BCUT2D eigenvalue weighted by Crippen LogP contribution is -2.44. The van der Waals surface area contributed by atoms with Crippen LogP contribution in [0.1, 0.15) is 11.6 Å². The van der Waals surface area contributed by atoms with Crippen LogP contribution in [0.15, 0.2) is 84.9 Å². The molecule has 160 valence electrons. The van der Waals surface area contributed by atoms with Gasteiger partial charge in [-0.1, -0.05) is 78.9 Å². The zero-order valence-corrected chi connectivity index (χ0v) is 17.6. The number of hydrogen-bond acceptors (Lipinski definition) is 4. The lowest BCUT2D eigenvalue weighted by molar-refractivity contribution is -0.124. The predicted molar refractivity (Wildman–Crippen MR) is 122 cm³/mol. The van der Waals surface area contributed by atoms with Gasteiger partial charge in [0.2, 0.25) is 0 Å². The second-order valence-electron chi connectivity index (χ2n) is 7.59. The number of benzene rings is 3. The topological polar surface area (TPSA) is 50.8 Å². The Labute approximate surface area is 183 Å². The maximum Gasteiger partial charge on any atom is 0.258 e. The van der Waals surface area contributed by atoms with Gasteiger partial charge in [-0.2, -0.15) is 0 Å². The summed E-state index contributed by atoms with van der Waals surface area (Å²) in [6.45, 7) is 3.93. The van der Waals surface area contributed by atoms with Crippen LogP contribution in [0.3, 0.4) is 0 Å². The number of carbonyl (C=O) groups is 1. The van der Waals surface area contributed by atoms with E-state index < -0.39 is 0 Å². The normalized spacial score (nSPS) is 15.2. The van der Waals surface area contributed by atoms with Crippen LogP contribution in [0.2, 0.25) is 0 Å². The first-order valence-corrected chi connectivity index (χ1v) is 10.7. The van der Waals surface area contributed by atoms with E-state index in [-0.39, 0.29) is 18.6 Å². The van der Waals surface area contributed by atoms with E-state index in [4.69, 9.17) is 9.47 Å². The molecule has 3 aromatic carbocycles. The minimum atomic E-state index is -0.134. The van der Waals surface area contributed by atoms with Crippen molar-refractivity contribution < 1.29 is 14.3 Å². The van der Waals surface area contributed by atoms with E-state index in [2.05, 4.69) is 22.3 Å². The van der Waals surface area contributed by atoms with Crippen molar-refractivity contribution in [2.45, 2.75) is 6.04 Å². The quantitative estimate of drug-likeness (QED) is 0.605. The highest BCUT2D eigenvalue weighted by molar-refractivity contribution is 5.79. The molecule has 5 nitrogen and oxygen atoms in total. The maximum atomic E-state index is 12.8. The van der Waals surface area contributed by atoms with Gasteiger partial charge in [0.05, 0.1) is 19.3 Å². The standard InChI is InChI=1S/C26H28N2O3/c29-26(20-31-25-14-8-7-13-23(25)21-9-3-1-4-10-21)27-24(22-11-5-2-6-12-22)19-28-15-17-30-18-16-28/h1-14,24H,15-20H2,(H,27,29)/t24-/m0/s1. The van der Waals surface area contributed by atoms with E-state index >= 15 is 0 Å². The van der Waals surface area contributed by atoms with Crippen molar-refractivity contribution in [1.29, 1.82) is 0 Å². The van der Waals surface area contributed by atoms with Gasteiger partial charge in [0.15, 0.2) is 6.61 Å². The lowest BCUT2D eigenvalue weighted by atomic mass is 10.0. The summed E-state index contributed by atoms with van der Waals surface area (Å²) in [5, 5.41) is 3.16. The van der Waals surface area contributed by atoms with Gasteiger partial charge < -0.3 is 14.8 Å². The van der Waals surface area contributed by atoms with Gasteiger partial charge in [-0.15, -0.1) is 0 Å². The highest BCUT2D eigenvalue weighted by Gasteiger charge is 2.20. The predicted octanol–water partition coefficient (Wildman–Crippen LogP) is 3.92. The van der Waals surface area contributed by atoms with E-state index in [9.17, 15) is 4.79 Å². The number of ether oxygens (including phenoxy) is 2. The summed E-state index contributed by atoms with van der Waals surface area (Å²) in [6.07, 6.45) is 0. The van der Waals surface area contributed by atoms with Gasteiger partial charge in [-0.25, -0.2) is 0 Å². The van der Waals surface area contributed by atoms with Gasteiger partial charge in [-0.3, -0.25) is 9.69 Å². The van der Waals surface area contributed by atoms with Gasteiger partial charge in [0, 0.05) is 25.2 Å². The van der Waals surface area contributed by atoms with Gasteiger partial charge >= 0.3 is 0 Å². The highest BCUT2D eigenvalue weighted by Crippen LogP contribution is 2.29. The summed E-state index contributed by atoms with van der Waals surface area (Å²) >= 11 is 0. The van der Waals surface area contributed by atoms with Crippen LogP contribution >= 0.6 is 0 Å². The fraction of sp³-hybridized carbons (Fsp3) is 0.269. The number of nitrogens with zero attached hydrogens (tertiary/aromatic N) is 1. The molecule has 3 aromatic rings. The Balaban J connectivity index is 1.41. The van der Waals surface area contributed by atoms with Crippen LogP contribution in [0.5, 0.6) is 5.75 Å². The molecule has 0 spiro atoms. The molecular formula is C26H28N2O3. The first kappa shape index (κ1) is 21.1. The molecule has 1 aliphatic rings. The third-order valence-corrected chi connectivity index (χ3v) is 5.41. The lowest BCUT2D eigenvalue weighted by Gasteiger charge is -2.31. The Morgan fingerprint density at radius 2 is 1.55 bits per heavy atom. The number of hydrogen-bond donors (Lipinski definition) is 1. The van der Waals surface area contributed by atoms with Gasteiger partial charge in [0.25, 0.3) is 5.91 Å². The first-order valence-electron chi connectivity index (χ1n) is 10.7. The Bertz CT molecular complexity index is 957. The molecule has 1 atom stereocenters. The summed E-state index contributed by atoms with van der Waals surface area (Å²) in [6, 6.07) is 27.9. The summed E-state index contributed by atoms with van der Waals surface area (Å²) in [5.74, 6) is 0.568. The van der Waals surface area contributed by atoms with Crippen molar-refractivity contribution in [1.82, 2.24) is 10.2 Å². The molecule has 1 amide bonds. The summed E-state index contributed by atoms with van der Waals surface area (Å²) in [5.41, 5.74) is 3.13. The van der Waals surface area contributed by atoms with Crippen LogP contribution in [0, 0.1) is 0 Å². The van der Waals surface area contributed by atoms with Crippen molar-refractivity contribution in [3.8, 4) is 16.9 Å². The number of para-hydroxylation sites is 1. The van der Waals surface area contributed by atoms with Crippen molar-refractivity contribution in [2.24, 2.45) is 0 Å². The van der Waals surface area contributed by atoms with E-state index in [0.29, 0.717) is 5.75 Å². The average molecular weight is 417 g/mol. The highest BCUT2D eigenvalue weighted by atomic mass is 16.5. The molecule has 5 heteroatoms. The fourth-order valence-electron chi connectivity index (χ4n) is 3.79. The summed E-state index contributed by atoms with van der Waals surface area (Å²) < 4.78 is 11.4. The SMILES string of the molecule is O=C(COc1ccccc1-c1ccccc1)N[C@@H](CN1CCOCC1)c1ccccc1. The largest absolute Gasteiger partial charge is 0.483 e. The molecule has 0 radical (unpaired) electrons. The third kappa shape index (κ3) is 5.94. The van der Waals surface area contributed by atoms with E-state index in [1.54, 1.807) is 0 Å². The monoisotopic (exact) mass is 416 g/mol. The molecule has 1 heterocycles. The molecule has 0 aliphatic carbocycles. The molecule has 4 rings (SSSR count). The van der Waals surface area contributed by atoms with E-state index in [1.165, 1.54) is 0 Å². The Morgan fingerprint density at radius 1 is 0.903 bits per heavy atom. The first-order chi connectivity index (χ1) is 15.3. The van der Waals surface area contributed by atoms with Crippen molar-refractivity contribution in [3.63, 3.8) is 0 Å². The second-order valence-corrected chi connectivity index (χ2v) is 7.59. The van der Waals surface area contributed by atoms with Crippen LogP contribution in [0.4, 0.5) is 0 Å². The molecule has 0 bridgehead atoms. The van der Waals surface area contributed by atoms with Crippen LogP contribution in [-0.4, -0.2) is 50.3 Å². The summed E-state index contributed by atoms with van der Waals surface area (Å²) in [4.78, 5) is 15.1. The molecule has 0 unspecified atom stereocenters. The molecular weight excluding hydrogens is 388 g/mol. The number of amides is 1. The number of rotatable bonds is 8. The van der Waals surface area contributed by atoms with Crippen molar-refractivity contribution >= 4 is 5.91 Å². The smallest absolute Gasteiger partial charge is 0.258 e. The van der Waals surface area contributed by atoms with Crippen LogP contribution in [-0.2, 0) is 9.53 Å². The Kier molecular flexibility index (Phi) is 7.32. The van der Waals surface area contributed by atoms with Crippen molar-refractivity contribution in [3.05, 3.63) is 90.5 Å². The minimum absolute atomic E-state index is 0.0315. The third-order valence-electron chi connectivity index (χ3n) is 5.41. The molecule has 1 aliphatic heterocycles. The van der Waals surface area contributed by atoms with Gasteiger partial charge in [-0.05, 0) is 17.2 Å². The summed E-state index contributed by atoms with van der Waals surface area (Å²) in [7, 11) is 0. The Morgan fingerprint density at radius 3 is 2.29 bits per heavy atom. The molecule has 1 N–H and O–H groups in total. The minimum Gasteiger partial charge on any atom is -0.483 e. The molecule has 1 fully saturated rings. The number of nitrogens with one attached hydrogen (secondary N) is 1. The number of morpholine rings is 1. The van der Waals surface area contributed by atoms with Gasteiger partial charge in [0.1, 0.15) is 5.75 Å². The zero-order valence-electron chi connectivity index (χ0n) is 17.6.